The van der Waals surface area contributed by atoms with Gasteiger partial charge in [-0.05, 0) is 30.7 Å². The number of rotatable bonds is 7. The van der Waals surface area contributed by atoms with Gasteiger partial charge in [0, 0.05) is 17.7 Å². The summed E-state index contributed by atoms with van der Waals surface area (Å²) >= 11 is 3.12. The van der Waals surface area contributed by atoms with Gasteiger partial charge in [-0.3, -0.25) is 14.5 Å². The number of Topliss-reactive ketones (excluding diaryl/α,β-unsaturated/α-hetero) is 1. The number of hydrogen-bond acceptors (Lipinski definition) is 5. The third kappa shape index (κ3) is 4.54. The number of ketones is 1. The van der Waals surface area contributed by atoms with E-state index in [0.717, 1.165) is 6.42 Å². The molecule has 23 heavy (non-hydrogen) atoms. The molecule has 2 rings (SSSR count). The molecule has 1 fully saturated rings. The predicted octanol–water partition coefficient (Wildman–Crippen LogP) is 2.93. The van der Waals surface area contributed by atoms with E-state index in [1.807, 2.05) is 6.92 Å². The number of cyclic esters (lactones) is 1. The van der Waals surface area contributed by atoms with Crippen molar-refractivity contribution in [2.75, 3.05) is 23.4 Å². The second-order valence-corrected chi connectivity index (χ2v) is 5.71. The summed E-state index contributed by atoms with van der Waals surface area (Å²) in [7, 11) is 0. The molecule has 1 atom stereocenters. The van der Waals surface area contributed by atoms with Crippen LogP contribution in [0.1, 0.15) is 30.1 Å². The summed E-state index contributed by atoms with van der Waals surface area (Å²) in [5, 5.41) is 0.253. The fraction of sp³-hybridized carbons (Fsp3) is 0.438. The summed E-state index contributed by atoms with van der Waals surface area (Å²) in [5.41, 5.74) is 1.21. The molecule has 0 aromatic heterocycles. The molecule has 0 aliphatic carbocycles. The Hall–Kier alpha value is -1.89. The van der Waals surface area contributed by atoms with Crippen LogP contribution < -0.4 is 4.90 Å². The Kier molecular flexibility index (Phi) is 6.15. The number of alkyl halides is 1. The number of halogens is 1. The van der Waals surface area contributed by atoms with Gasteiger partial charge in [0.1, 0.15) is 6.61 Å². The average molecular weight is 384 g/mol. The summed E-state index contributed by atoms with van der Waals surface area (Å²) in [5.74, 6) is -0.319. The zero-order valence-corrected chi connectivity index (χ0v) is 14.4. The first-order valence-electron chi connectivity index (χ1n) is 7.38. The van der Waals surface area contributed by atoms with E-state index in [0.29, 0.717) is 24.2 Å². The van der Waals surface area contributed by atoms with E-state index in [9.17, 15) is 14.4 Å². The summed E-state index contributed by atoms with van der Waals surface area (Å²) < 4.78 is 10.3. The minimum Gasteiger partial charge on any atom is -0.462 e. The molecule has 1 heterocycles. The molecule has 1 aromatic carbocycles. The van der Waals surface area contributed by atoms with Crippen molar-refractivity contribution in [3.63, 3.8) is 0 Å². The Morgan fingerprint density at radius 2 is 2.04 bits per heavy atom. The molecule has 0 bridgehead atoms. The van der Waals surface area contributed by atoms with Gasteiger partial charge < -0.3 is 9.47 Å². The Labute approximate surface area is 142 Å². The number of nitrogens with zero attached hydrogens (tertiary/aromatic N) is 1. The van der Waals surface area contributed by atoms with E-state index in [-0.39, 0.29) is 23.7 Å². The van der Waals surface area contributed by atoms with Gasteiger partial charge in [-0.2, -0.15) is 0 Å². The van der Waals surface area contributed by atoms with Crippen molar-refractivity contribution in [1.82, 2.24) is 0 Å². The third-order valence-corrected chi connectivity index (χ3v) is 3.89. The van der Waals surface area contributed by atoms with Gasteiger partial charge in [0.05, 0.1) is 11.9 Å². The molecule has 6 nitrogen and oxygen atoms in total. The molecule has 0 N–H and O–H groups in total. The first-order valence-corrected chi connectivity index (χ1v) is 8.50. The first-order chi connectivity index (χ1) is 11.0. The van der Waals surface area contributed by atoms with Gasteiger partial charge in [0.25, 0.3) is 0 Å². The normalized spacial score (nSPS) is 17.0. The van der Waals surface area contributed by atoms with Gasteiger partial charge in [0.15, 0.2) is 11.9 Å². The number of carbonyl (C=O) groups is 3. The number of hydrogen-bond donors (Lipinski definition) is 0. The first kappa shape index (κ1) is 17.5. The molecule has 124 valence electrons. The molecule has 1 aliphatic rings. The van der Waals surface area contributed by atoms with Crippen LogP contribution in [0.15, 0.2) is 24.3 Å². The number of benzene rings is 1. The Bertz CT molecular complexity index is 587. The number of esters is 1. The fourth-order valence-electron chi connectivity index (χ4n) is 2.19. The van der Waals surface area contributed by atoms with Crippen LogP contribution in [-0.4, -0.2) is 42.4 Å². The van der Waals surface area contributed by atoms with Gasteiger partial charge in [0.2, 0.25) is 0 Å². The van der Waals surface area contributed by atoms with E-state index in [2.05, 4.69) is 15.9 Å². The highest BCUT2D eigenvalue weighted by molar-refractivity contribution is 9.09. The Balaban J connectivity index is 1.94. The van der Waals surface area contributed by atoms with E-state index in [4.69, 9.17) is 9.47 Å². The molecule has 1 unspecified atom stereocenters. The molecule has 7 heteroatoms. The number of ether oxygens (including phenoxy) is 2. The van der Waals surface area contributed by atoms with Gasteiger partial charge in [-0.15, -0.1) is 0 Å². The van der Waals surface area contributed by atoms with Crippen LogP contribution in [0, 0.1) is 0 Å². The van der Waals surface area contributed by atoms with Crippen LogP contribution in [-0.2, 0) is 14.3 Å². The molecule has 1 aromatic rings. The van der Waals surface area contributed by atoms with Crippen molar-refractivity contribution in [1.29, 1.82) is 0 Å². The third-order valence-electron chi connectivity index (χ3n) is 3.38. The Morgan fingerprint density at radius 3 is 2.65 bits per heavy atom. The minimum atomic E-state index is -0.485. The van der Waals surface area contributed by atoms with Crippen molar-refractivity contribution in [2.24, 2.45) is 0 Å². The summed E-state index contributed by atoms with van der Waals surface area (Å²) in [6, 6.07) is 6.73. The van der Waals surface area contributed by atoms with Crippen LogP contribution in [0.3, 0.4) is 0 Å². The van der Waals surface area contributed by atoms with E-state index in [1.54, 1.807) is 24.3 Å². The molecular weight excluding hydrogens is 366 g/mol. The van der Waals surface area contributed by atoms with Crippen molar-refractivity contribution >= 4 is 39.5 Å². The highest BCUT2D eigenvalue weighted by atomic mass is 79.9. The van der Waals surface area contributed by atoms with Crippen molar-refractivity contribution in [3.05, 3.63) is 29.8 Å². The molecule has 0 spiro atoms. The average Bonchev–Trinajstić information content (AvgIpc) is 2.93. The lowest BCUT2D eigenvalue weighted by atomic mass is 10.1. The topological polar surface area (TPSA) is 72.9 Å². The quantitative estimate of drug-likeness (QED) is 0.411. The fourth-order valence-corrected chi connectivity index (χ4v) is 2.51. The zero-order chi connectivity index (χ0) is 16.8. The molecule has 0 radical (unpaired) electrons. The van der Waals surface area contributed by atoms with Crippen LogP contribution in [0.2, 0.25) is 0 Å². The second-order valence-electron chi connectivity index (χ2n) is 5.15. The lowest BCUT2D eigenvalue weighted by molar-refractivity contribution is -0.146. The maximum atomic E-state index is 11.9. The standard InChI is InChI=1S/C16H18BrNO5/c1-2-3-15(20)22-10-13-9-18(16(21)23-13)12-6-4-11(5-7-12)14(19)8-17/h4-7,13H,2-3,8-10H2,1H3. The maximum absolute atomic E-state index is 11.9. The predicted molar refractivity (Wildman–Crippen MR) is 88.0 cm³/mol. The molecule has 1 amide bonds. The maximum Gasteiger partial charge on any atom is 0.414 e. The van der Waals surface area contributed by atoms with Crippen LogP contribution in [0.4, 0.5) is 10.5 Å². The highest BCUT2D eigenvalue weighted by Crippen LogP contribution is 2.22. The van der Waals surface area contributed by atoms with Gasteiger partial charge in [-0.1, -0.05) is 22.9 Å². The van der Waals surface area contributed by atoms with Crippen LogP contribution >= 0.6 is 15.9 Å². The monoisotopic (exact) mass is 383 g/mol. The minimum absolute atomic E-state index is 0.0266. The smallest absolute Gasteiger partial charge is 0.414 e. The summed E-state index contributed by atoms with van der Waals surface area (Å²) in [4.78, 5) is 36.3. The molecule has 1 aliphatic heterocycles. The molecule has 0 saturated carbocycles. The summed E-state index contributed by atoms with van der Waals surface area (Å²) in [6.45, 7) is 2.26. The Morgan fingerprint density at radius 1 is 1.35 bits per heavy atom. The number of anilines is 1. The van der Waals surface area contributed by atoms with Crippen molar-refractivity contribution in [2.45, 2.75) is 25.9 Å². The van der Waals surface area contributed by atoms with Crippen molar-refractivity contribution in [3.8, 4) is 0 Å². The lowest BCUT2D eigenvalue weighted by Gasteiger charge is -2.13. The SMILES string of the molecule is CCCC(=O)OCC1CN(c2ccc(C(=O)CBr)cc2)C(=O)O1. The van der Waals surface area contributed by atoms with Crippen molar-refractivity contribution < 1.29 is 23.9 Å². The van der Waals surface area contributed by atoms with Gasteiger partial charge in [-0.25, -0.2) is 4.79 Å². The second kappa shape index (κ2) is 8.10. The summed E-state index contributed by atoms with van der Waals surface area (Å²) in [6.07, 6.45) is 0.107. The van der Waals surface area contributed by atoms with Gasteiger partial charge >= 0.3 is 12.1 Å². The van der Waals surface area contributed by atoms with Crippen LogP contribution in [0.25, 0.3) is 0 Å². The van der Waals surface area contributed by atoms with E-state index in [1.165, 1.54) is 4.90 Å². The highest BCUT2D eigenvalue weighted by Gasteiger charge is 2.33. The number of amides is 1. The largest absolute Gasteiger partial charge is 0.462 e. The lowest BCUT2D eigenvalue weighted by Crippen LogP contribution is -2.26. The van der Waals surface area contributed by atoms with E-state index >= 15 is 0 Å². The zero-order valence-electron chi connectivity index (χ0n) is 12.8. The van der Waals surface area contributed by atoms with E-state index < -0.39 is 12.2 Å². The molecular formula is C16H18BrNO5. The molecule has 1 saturated heterocycles. The number of carbonyl (C=O) groups excluding carboxylic acids is 3. The van der Waals surface area contributed by atoms with Crippen LogP contribution in [0.5, 0.6) is 0 Å².